The van der Waals surface area contributed by atoms with Crippen LogP contribution in [-0.4, -0.2) is 50.9 Å². The smallest absolute Gasteiger partial charge is 0.264 e. The van der Waals surface area contributed by atoms with Crippen LogP contribution in [0.2, 0.25) is 0 Å². The Morgan fingerprint density at radius 3 is 3.04 bits per heavy atom. The summed E-state index contributed by atoms with van der Waals surface area (Å²) in [5.41, 5.74) is 0.871. The second kappa shape index (κ2) is 5.84. The molecule has 2 fully saturated rings. The van der Waals surface area contributed by atoms with Crippen LogP contribution in [0.1, 0.15) is 28.9 Å². The zero-order chi connectivity index (χ0) is 16.8. The molecule has 2 aliphatic rings. The SMILES string of the molecule is O=C(c1cccs1)N1CCC[C@@H]2[C@H]1CCN2c1ncnc2[nH]ccc12. The number of likely N-dealkylation sites (tertiary alicyclic amines) is 1. The van der Waals surface area contributed by atoms with E-state index in [-0.39, 0.29) is 11.9 Å². The lowest BCUT2D eigenvalue weighted by molar-refractivity contribution is 0.0613. The first kappa shape index (κ1) is 14.9. The highest BCUT2D eigenvalue weighted by molar-refractivity contribution is 7.12. The average Bonchev–Trinajstić information content (AvgIpc) is 3.39. The summed E-state index contributed by atoms with van der Waals surface area (Å²) in [4.78, 5) is 30.2. The van der Waals surface area contributed by atoms with Crippen molar-refractivity contribution in [2.45, 2.75) is 31.3 Å². The van der Waals surface area contributed by atoms with Crippen molar-refractivity contribution in [3.05, 3.63) is 41.0 Å². The fourth-order valence-electron chi connectivity index (χ4n) is 4.33. The largest absolute Gasteiger partial charge is 0.351 e. The van der Waals surface area contributed by atoms with E-state index in [9.17, 15) is 4.79 Å². The topological polar surface area (TPSA) is 65.1 Å². The molecule has 25 heavy (non-hydrogen) atoms. The molecule has 7 heteroatoms. The van der Waals surface area contributed by atoms with Crippen LogP contribution >= 0.6 is 11.3 Å². The van der Waals surface area contributed by atoms with Crippen molar-refractivity contribution in [3.8, 4) is 0 Å². The normalized spacial score (nSPS) is 23.2. The van der Waals surface area contributed by atoms with E-state index in [0.29, 0.717) is 6.04 Å². The van der Waals surface area contributed by atoms with E-state index in [1.54, 1.807) is 6.33 Å². The molecule has 0 unspecified atom stereocenters. The number of fused-ring (bicyclic) bond motifs is 2. The Bertz CT molecular complexity index is 905. The maximum Gasteiger partial charge on any atom is 0.264 e. The first-order chi connectivity index (χ1) is 12.3. The van der Waals surface area contributed by atoms with E-state index in [2.05, 4.69) is 24.8 Å². The number of H-pyrrole nitrogens is 1. The van der Waals surface area contributed by atoms with Gasteiger partial charge in [-0.1, -0.05) is 6.07 Å². The predicted octanol–water partition coefficient (Wildman–Crippen LogP) is 2.90. The van der Waals surface area contributed by atoms with E-state index >= 15 is 0 Å². The van der Waals surface area contributed by atoms with Crippen LogP contribution in [0.25, 0.3) is 11.0 Å². The number of hydrogen-bond donors (Lipinski definition) is 1. The first-order valence-electron chi connectivity index (χ1n) is 8.72. The molecule has 0 saturated carbocycles. The van der Waals surface area contributed by atoms with Crippen LogP contribution in [0.15, 0.2) is 36.1 Å². The summed E-state index contributed by atoms with van der Waals surface area (Å²) in [6, 6.07) is 6.52. The number of aromatic nitrogens is 3. The van der Waals surface area contributed by atoms with E-state index in [1.807, 2.05) is 29.8 Å². The molecule has 2 saturated heterocycles. The summed E-state index contributed by atoms with van der Waals surface area (Å²) >= 11 is 1.53. The molecule has 5 heterocycles. The molecule has 0 radical (unpaired) electrons. The van der Waals surface area contributed by atoms with Gasteiger partial charge < -0.3 is 14.8 Å². The van der Waals surface area contributed by atoms with Crippen molar-refractivity contribution in [1.82, 2.24) is 19.9 Å². The van der Waals surface area contributed by atoms with Crippen LogP contribution in [0.3, 0.4) is 0 Å². The Hall–Kier alpha value is -2.41. The molecule has 2 aliphatic heterocycles. The number of carbonyl (C=O) groups is 1. The van der Waals surface area contributed by atoms with Gasteiger partial charge in [0.2, 0.25) is 0 Å². The van der Waals surface area contributed by atoms with Gasteiger partial charge in [-0.3, -0.25) is 4.79 Å². The number of nitrogens with zero attached hydrogens (tertiary/aromatic N) is 4. The molecule has 3 aromatic rings. The van der Waals surface area contributed by atoms with Crippen LogP contribution in [-0.2, 0) is 0 Å². The predicted molar refractivity (Wildman–Crippen MR) is 98.0 cm³/mol. The van der Waals surface area contributed by atoms with Gasteiger partial charge >= 0.3 is 0 Å². The Morgan fingerprint density at radius 1 is 1.20 bits per heavy atom. The Labute approximate surface area is 149 Å². The van der Waals surface area contributed by atoms with Gasteiger partial charge in [-0.05, 0) is 36.8 Å². The average molecular weight is 353 g/mol. The third kappa shape index (κ3) is 2.33. The van der Waals surface area contributed by atoms with Crippen molar-refractivity contribution in [3.63, 3.8) is 0 Å². The fraction of sp³-hybridized carbons (Fsp3) is 0.389. The van der Waals surface area contributed by atoms with Gasteiger partial charge in [-0.25, -0.2) is 9.97 Å². The van der Waals surface area contributed by atoms with Crippen molar-refractivity contribution < 1.29 is 4.79 Å². The van der Waals surface area contributed by atoms with Crippen LogP contribution in [0, 0.1) is 0 Å². The van der Waals surface area contributed by atoms with E-state index in [4.69, 9.17) is 0 Å². The number of thiophene rings is 1. The highest BCUT2D eigenvalue weighted by Crippen LogP contribution is 2.36. The molecular formula is C18H19N5OS. The number of carbonyl (C=O) groups excluding carboxylic acids is 1. The zero-order valence-corrected chi connectivity index (χ0v) is 14.6. The standard InChI is InChI=1S/C18H19N5OS/c24-18(15-4-2-10-25-15)23-8-1-3-13-14(23)6-9-22(13)17-12-5-7-19-16(12)20-11-21-17/h2,4-5,7,10-11,13-14H,1,3,6,8-9H2,(H,19,20,21)/t13-,14-/m1/s1. The van der Waals surface area contributed by atoms with Crippen molar-refractivity contribution in [2.24, 2.45) is 0 Å². The monoisotopic (exact) mass is 353 g/mol. The van der Waals surface area contributed by atoms with Crippen LogP contribution < -0.4 is 4.90 Å². The second-order valence-electron chi connectivity index (χ2n) is 6.67. The number of anilines is 1. The maximum atomic E-state index is 12.9. The van der Waals surface area contributed by atoms with Crippen molar-refractivity contribution in [2.75, 3.05) is 18.0 Å². The minimum atomic E-state index is 0.182. The van der Waals surface area contributed by atoms with Gasteiger partial charge in [0.15, 0.2) is 0 Å². The molecule has 1 N–H and O–H groups in total. The Kier molecular flexibility index (Phi) is 3.48. The lowest BCUT2D eigenvalue weighted by atomic mass is 9.96. The third-order valence-corrected chi connectivity index (χ3v) is 6.27. The van der Waals surface area contributed by atoms with Gasteiger partial charge in [0, 0.05) is 19.3 Å². The first-order valence-corrected chi connectivity index (χ1v) is 9.60. The molecule has 0 aromatic carbocycles. The number of hydrogen-bond acceptors (Lipinski definition) is 5. The number of nitrogens with one attached hydrogen (secondary N) is 1. The molecule has 0 spiro atoms. The lowest BCUT2D eigenvalue weighted by Crippen LogP contribution is -2.52. The van der Waals surface area contributed by atoms with Gasteiger partial charge in [-0.15, -0.1) is 11.3 Å². The van der Waals surface area contributed by atoms with E-state index in [0.717, 1.165) is 54.1 Å². The summed E-state index contributed by atoms with van der Waals surface area (Å²) in [7, 11) is 0. The summed E-state index contributed by atoms with van der Waals surface area (Å²) in [5.74, 6) is 1.17. The zero-order valence-electron chi connectivity index (χ0n) is 13.8. The van der Waals surface area contributed by atoms with Crippen molar-refractivity contribution in [1.29, 1.82) is 0 Å². The molecule has 6 nitrogen and oxygen atoms in total. The Morgan fingerprint density at radius 2 is 2.16 bits per heavy atom. The molecule has 0 bridgehead atoms. The lowest BCUT2D eigenvalue weighted by Gasteiger charge is -2.40. The minimum Gasteiger partial charge on any atom is -0.351 e. The summed E-state index contributed by atoms with van der Waals surface area (Å²) in [6.45, 7) is 1.79. The molecule has 5 rings (SSSR count). The van der Waals surface area contributed by atoms with Crippen LogP contribution in [0.5, 0.6) is 0 Å². The summed E-state index contributed by atoms with van der Waals surface area (Å²) in [6.07, 6.45) is 6.67. The number of rotatable bonds is 2. The van der Waals surface area contributed by atoms with E-state index < -0.39 is 0 Å². The van der Waals surface area contributed by atoms with Crippen molar-refractivity contribution >= 4 is 34.1 Å². The second-order valence-corrected chi connectivity index (χ2v) is 7.62. The van der Waals surface area contributed by atoms with Crippen LogP contribution in [0.4, 0.5) is 5.82 Å². The minimum absolute atomic E-state index is 0.182. The molecule has 0 aliphatic carbocycles. The fourth-order valence-corrected chi connectivity index (χ4v) is 5.01. The number of amides is 1. The summed E-state index contributed by atoms with van der Waals surface area (Å²) in [5, 5.41) is 3.03. The van der Waals surface area contributed by atoms with Gasteiger partial charge in [0.05, 0.1) is 22.3 Å². The van der Waals surface area contributed by atoms with E-state index in [1.165, 1.54) is 11.3 Å². The third-order valence-electron chi connectivity index (χ3n) is 5.41. The van der Waals surface area contributed by atoms with Gasteiger partial charge in [-0.2, -0.15) is 0 Å². The molecule has 2 atom stereocenters. The molecule has 1 amide bonds. The highest BCUT2D eigenvalue weighted by atomic mass is 32.1. The number of piperidine rings is 1. The molecule has 3 aromatic heterocycles. The molecular weight excluding hydrogens is 334 g/mol. The van der Waals surface area contributed by atoms with Gasteiger partial charge in [0.25, 0.3) is 5.91 Å². The summed E-state index contributed by atoms with van der Waals surface area (Å²) < 4.78 is 0. The highest BCUT2D eigenvalue weighted by Gasteiger charge is 2.43. The quantitative estimate of drug-likeness (QED) is 0.769. The molecule has 128 valence electrons. The maximum absolute atomic E-state index is 12.9. The van der Waals surface area contributed by atoms with Gasteiger partial charge in [0.1, 0.15) is 17.8 Å². The number of aromatic amines is 1. The Balaban J connectivity index is 1.47.